The van der Waals surface area contributed by atoms with Crippen LogP contribution in [0.2, 0.25) is 0 Å². The van der Waals surface area contributed by atoms with Crippen LogP contribution < -0.4 is 0 Å². The van der Waals surface area contributed by atoms with E-state index in [1.54, 1.807) is 12.4 Å². The monoisotopic (exact) mass is 283 g/mol. The van der Waals surface area contributed by atoms with Gasteiger partial charge in [-0.2, -0.15) is 0 Å². The molecule has 2 heterocycles. The molecule has 0 atom stereocenters. The van der Waals surface area contributed by atoms with Crippen molar-refractivity contribution in [2.45, 2.75) is 39.0 Å². The summed E-state index contributed by atoms with van der Waals surface area (Å²) in [7, 11) is 0. The van der Waals surface area contributed by atoms with Crippen molar-refractivity contribution < 1.29 is 0 Å². The molecular formula is C18H25N3. The Hall–Kier alpha value is -1.48. The van der Waals surface area contributed by atoms with Crippen LogP contribution >= 0.6 is 0 Å². The Labute approximate surface area is 127 Å². The molecule has 1 aromatic carbocycles. The number of aryl methyl sites for hydroxylation is 1. The maximum atomic E-state index is 4.38. The van der Waals surface area contributed by atoms with Gasteiger partial charge in [0, 0.05) is 12.4 Å². The van der Waals surface area contributed by atoms with E-state index in [0.717, 1.165) is 23.4 Å². The molecule has 2 aromatic rings. The van der Waals surface area contributed by atoms with E-state index < -0.39 is 0 Å². The Morgan fingerprint density at radius 3 is 2.62 bits per heavy atom. The largest absolute Gasteiger partial charge is 0.303 e. The summed E-state index contributed by atoms with van der Waals surface area (Å²) in [5.41, 5.74) is 3.38. The number of fused-ring (bicyclic) bond motifs is 1. The smallest absolute Gasteiger partial charge is 0.0889 e. The molecule has 0 saturated carbocycles. The fourth-order valence-corrected chi connectivity index (χ4v) is 3.29. The number of piperidine rings is 1. The maximum Gasteiger partial charge on any atom is 0.0889 e. The summed E-state index contributed by atoms with van der Waals surface area (Å²) in [6.07, 6.45) is 10.0. The van der Waals surface area contributed by atoms with E-state index in [2.05, 4.69) is 40.0 Å². The van der Waals surface area contributed by atoms with E-state index in [1.165, 1.54) is 50.9 Å². The molecule has 21 heavy (non-hydrogen) atoms. The van der Waals surface area contributed by atoms with Crippen molar-refractivity contribution in [1.82, 2.24) is 14.9 Å². The van der Waals surface area contributed by atoms with Gasteiger partial charge < -0.3 is 4.90 Å². The number of rotatable bonds is 5. The van der Waals surface area contributed by atoms with Crippen molar-refractivity contribution in [3.8, 4) is 0 Å². The molecule has 1 aliphatic heterocycles. The summed E-state index contributed by atoms with van der Waals surface area (Å²) in [5.74, 6) is 0.973. The second kappa shape index (κ2) is 6.99. The van der Waals surface area contributed by atoms with Gasteiger partial charge >= 0.3 is 0 Å². The molecule has 3 rings (SSSR count). The first-order valence-electron chi connectivity index (χ1n) is 8.27. The average molecular weight is 283 g/mol. The maximum absolute atomic E-state index is 4.38. The number of likely N-dealkylation sites (tertiary alicyclic amines) is 1. The van der Waals surface area contributed by atoms with Crippen molar-refractivity contribution in [3.05, 3.63) is 36.2 Å². The summed E-state index contributed by atoms with van der Waals surface area (Å²) in [6, 6.07) is 6.47. The standard InChI is InChI=1S/C18H25N3/c1-2-15-7-12-21(13-8-15)11-3-4-16-5-6-17-18(14-16)20-10-9-19-17/h5-6,9-10,14-15H,2-4,7-8,11-13H2,1H3. The molecule has 0 amide bonds. The first-order valence-corrected chi connectivity index (χ1v) is 8.27. The van der Waals surface area contributed by atoms with Crippen LogP contribution in [-0.4, -0.2) is 34.5 Å². The van der Waals surface area contributed by atoms with Gasteiger partial charge in [0.25, 0.3) is 0 Å². The van der Waals surface area contributed by atoms with Gasteiger partial charge in [-0.1, -0.05) is 19.4 Å². The Kier molecular flexibility index (Phi) is 4.81. The highest BCUT2D eigenvalue weighted by molar-refractivity contribution is 5.74. The summed E-state index contributed by atoms with van der Waals surface area (Å²) >= 11 is 0. The van der Waals surface area contributed by atoms with Gasteiger partial charge in [-0.05, 0) is 68.9 Å². The van der Waals surface area contributed by atoms with Crippen molar-refractivity contribution in [3.63, 3.8) is 0 Å². The van der Waals surface area contributed by atoms with Gasteiger partial charge in [0.1, 0.15) is 0 Å². The third kappa shape index (κ3) is 3.79. The Morgan fingerprint density at radius 1 is 1.10 bits per heavy atom. The molecule has 1 saturated heterocycles. The van der Waals surface area contributed by atoms with E-state index in [9.17, 15) is 0 Å². The van der Waals surface area contributed by atoms with E-state index in [4.69, 9.17) is 0 Å². The average Bonchev–Trinajstić information content (AvgIpc) is 2.55. The van der Waals surface area contributed by atoms with E-state index >= 15 is 0 Å². The molecule has 1 fully saturated rings. The van der Waals surface area contributed by atoms with Crippen LogP contribution in [0.25, 0.3) is 11.0 Å². The second-order valence-electron chi connectivity index (χ2n) is 6.18. The third-order valence-corrected chi connectivity index (χ3v) is 4.76. The predicted molar refractivity (Wildman–Crippen MR) is 87.3 cm³/mol. The molecule has 0 spiro atoms. The van der Waals surface area contributed by atoms with Gasteiger partial charge in [-0.3, -0.25) is 9.97 Å². The van der Waals surface area contributed by atoms with Crippen molar-refractivity contribution in [2.75, 3.05) is 19.6 Å². The lowest BCUT2D eigenvalue weighted by molar-refractivity contribution is 0.180. The van der Waals surface area contributed by atoms with Crippen molar-refractivity contribution >= 4 is 11.0 Å². The number of hydrogen-bond donors (Lipinski definition) is 0. The Bertz CT molecular complexity index is 573. The molecule has 0 unspecified atom stereocenters. The summed E-state index contributed by atoms with van der Waals surface area (Å²) in [5, 5.41) is 0. The number of hydrogen-bond acceptors (Lipinski definition) is 3. The molecular weight excluding hydrogens is 258 g/mol. The van der Waals surface area contributed by atoms with Gasteiger partial charge in [0.2, 0.25) is 0 Å². The molecule has 0 bridgehead atoms. The quantitative estimate of drug-likeness (QED) is 0.838. The molecule has 1 aliphatic rings. The number of benzene rings is 1. The zero-order valence-electron chi connectivity index (χ0n) is 13.0. The van der Waals surface area contributed by atoms with E-state index in [1.807, 2.05) is 0 Å². The van der Waals surface area contributed by atoms with Gasteiger partial charge in [-0.25, -0.2) is 0 Å². The van der Waals surface area contributed by atoms with E-state index in [-0.39, 0.29) is 0 Å². The highest BCUT2D eigenvalue weighted by atomic mass is 15.1. The Morgan fingerprint density at radius 2 is 1.86 bits per heavy atom. The van der Waals surface area contributed by atoms with Crippen LogP contribution in [0, 0.1) is 5.92 Å². The lowest BCUT2D eigenvalue weighted by Gasteiger charge is -2.31. The van der Waals surface area contributed by atoms with Gasteiger partial charge in [-0.15, -0.1) is 0 Å². The molecule has 0 N–H and O–H groups in total. The summed E-state index contributed by atoms with van der Waals surface area (Å²) in [4.78, 5) is 11.3. The minimum absolute atomic E-state index is 0.973. The number of nitrogens with zero attached hydrogens (tertiary/aromatic N) is 3. The minimum Gasteiger partial charge on any atom is -0.303 e. The highest BCUT2D eigenvalue weighted by Crippen LogP contribution is 2.20. The molecule has 112 valence electrons. The van der Waals surface area contributed by atoms with Crippen molar-refractivity contribution in [1.29, 1.82) is 0 Å². The minimum atomic E-state index is 0.973. The Balaban J connectivity index is 1.48. The SMILES string of the molecule is CCC1CCN(CCCc2ccc3nccnc3c2)CC1. The fourth-order valence-electron chi connectivity index (χ4n) is 3.29. The van der Waals surface area contributed by atoms with Crippen LogP contribution in [0.15, 0.2) is 30.6 Å². The molecule has 1 aromatic heterocycles. The van der Waals surface area contributed by atoms with Crippen LogP contribution in [-0.2, 0) is 6.42 Å². The second-order valence-corrected chi connectivity index (χ2v) is 6.18. The lowest BCUT2D eigenvalue weighted by Crippen LogP contribution is -2.34. The summed E-state index contributed by atoms with van der Waals surface area (Å²) in [6.45, 7) is 6.14. The zero-order valence-corrected chi connectivity index (χ0v) is 13.0. The third-order valence-electron chi connectivity index (χ3n) is 4.76. The van der Waals surface area contributed by atoms with Gasteiger partial charge in [0.05, 0.1) is 11.0 Å². The molecule has 3 heteroatoms. The van der Waals surface area contributed by atoms with Crippen LogP contribution in [0.4, 0.5) is 0 Å². The fraction of sp³-hybridized carbons (Fsp3) is 0.556. The number of aromatic nitrogens is 2. The predicted octanol–water partition coefficient (Wildman–Crippen LogP) is 3.68. The zero-order chi connectivity index (χ0) is 14.5. The first kappa shape index (κ1) is 14.5. The lowest BCUT2D eigenvalue weighted by atomic mass is 9.94. The summed E-state index contributed by atoms with van der Waals surface area (Å²) < 4.78 is 0. The highest BCUT2D eigenvalue weighted by Gasteiger charge is 2.16. The molecule has 0 radical (unpaired) electrons. The topological polar surface area (TPSA) is 29.0 Å². The van der Waals surface area contributed by atoms with Crippen molar-refractivity contribution in [2.24, 2.45) is 5.92 Å². The van der Waals surface area contributed by atoms with Crippen LogP contribution in [0.5, 0.6) is 0 Å². The molecule has 0 aliphatic carbocycles. The van der Waals surface area contributed by atoms with Crippen LogP contribution in [0.1, 0.15) is 38.2 Å². The first-order chi connectivity index (χ1) is 10.3. The molecule has 3 nitrogen and oxygen atoms in total. The van der Waals surface area contributed by atoms with Crippen LogP contribution in [0.3, 0.4) is 0 Å². The van der Waals surface area contributed by atoms with E-state index in [0.29, 0.717) is 0 Å². The normalized spacial score (nSPS) is 17.4. The van der Waals surface area contributed by atoms with Gasteiger partial charge in [0.15, 0.2) is 0 Å².